The molecule has 0 aliphatic carbocycles. The quantitative estimate of drug-likeness (QED) is 0.142. The van der Waals surface area contributed by atoms with E-state index in [1.807, 2.05) is 0 Å². The van der Waals surface area contributed by atoms with Crippen molar-refractivity contribution in [2.24, 2.45) is 0 Å². The molecule has 0 amide bonds. The first kappa shape index (κ1) is 34.1. The second kappa shape index (κ2) is 14.2. The van der Waals surface area contributed by atoms with E-state index in [1.165, 1.54) is 55.4 Å². The molecule has 8 rings (SSSR count). The van der Waals surface area contributed by atoms with E-state index < -0.39 is 34.4 Å². The Morgan fingerprint density at radius 2 is 1.17 bits per heavy atom. The highest BCUT2D eigenvalue weighted by molar-refractivity contribution is 5.78. The number of hydrogen-bond acceptors (Lipinski definition) is 7. The monoisotopic (exact) mass is 726 g/mol. The van der Waals surface area contributed by atoms with Crippen molar-refractivity contribution in [3.05, 3.63) is 183 Å². The smallest absolute Gasteiger partial charge is 0.261 e. The third-order valence-electron chi connectivity index (χ3n) is 9.01. The van der Waals surface area contributed by atoms with Crippen molar-refractivity contribution in [1.29, 1.82) is 0 Å². The number of aromatic nitrogens is 6. The molecule has 266 valence electrons. The van der Waals surface area contributed by atoms with Gasteiger partial charge < -0.3 is 4.74 Å². The van der Waals surface area contributed by atoms with Gasteiger partial charge in [-0.2, -0.15) is 0 Å². The molecular weight excluding hydrogens is 700 g/mol. The summed E-state index contributed by atoms with van der Waals surface area (Å²) in [4.78, 5) is 42.9. The maximum Gasteiger partial charge on any atom is 0.261 e. The van der Waals surface area contributed by atoms with Gasteiger partial charge in [0.1, 0.15) is 29.9 Å². The van der Waals surface area contributed by atoms with Crippen molar-refractivity contribution in [2.75, 3.05) is 0 Å². The van der Waals surface area contributed by atoms with Gasteiger partial charge in [-0.05, 0) is 82.9 Å². The minimum atomic E-state index is -0.832. The number of pyridine rings is 2. The molecule has 4 aromatic carbocycles. The van der Waals surface area contributed by atoms with Crippen molar-refractivity contribution in [3.8, 4) is 28.1 Å². The third kappa shape index (κ3) is 6.70. The summed E-state index contributed by atoms with van der Waals surface area (Å²) in [6.45, 7) is -0.683. The van der Waals surface area contributed by atoms with E-state index in [9.17, 15) is 9.59 Å². The van der Waals surface area contributed by atoms with E-state index in [1.54, 1.807) is 66.9 Å². The van der Waals surface area contributed by atoms with Crippen LogP contribution >= 0.6 is 0 Å². The van der Waals surface area contributed by atoms with Gasteiger partial charge in [0.2, 0.25) is 5.88 Å². The van der Waals surface area contributed by atoms with Gasteiger partial charge in [0.25, 0.3) is 11.1 Å². The highest BCUT2D eigenvalue weighted by Gasteiger charge is 2.17. The van der Waals surface area contributed by atoms with E-state index >= 15 is 17.6 Å². The van der Waals surface area contributed by atoms with Gasteiger partial charge in [0.05, 0.1) is 47.6 Å². The molecule has 0 saturated carbocycles. The first-order chi connectivity index (χ1) is 26.2. The Morgan fingerprint density at radius 3 is 1.81 bits per heavy atom. The van der Waals surface area contributed by atoms with Gasteiger partial charge in [-0.1, -0.05) is 24.3 Å². The molecule has 13 heteroatoms. The van der Waals surface area contributed by atoms with Crippen molar-refractivity contribution >= 4 is 21.8 Å². The molecule has 54 heavy (non-hydrogen) atoms. The van der Waals surface area contributed by atoms with Crippen molar-refractivity contribution in [3.63, 3.8) is 0 Å². The van der Waals surface area contributed by atoms with Crippen LogP contribution in [0.3, 0.4) is 0 Å². The average Bonchev–Trinajstić information content (AvgIpc) is 3.18. The van der Waals surface area contributed by atoms with Crippen LogP contribution in [0.15, 0.2) is 132 Å². The van der Waals surface area contributed by atoms with Crippen LogP contribution in [0.4, 0.5) is 17.6 Å². The molecule has 0 spiro atoms. The standard InChI is InChI=1S/C41H26F4N6O3/c42-33-13-27(14-34(43)31(33)19-50-22-48-37-6-2-1-5-29(37)40(50)52)25-9-11-47-39(17-25)54-21-24-7-8-30-38(12-24)49-23-51(41(30)53)20-32-35(44)15-28(16-36(32)45)26-4-3-10-46-18-26/h1-18,22-23H,19-21H2. The zero-order chi connectivity index (χ0) is 37.3. The first-order valence-electron chi connectivity index (χ1n) is 16.6. The second-order valence-corrected chi connectivity index (χ2v) is 12.5. The number of ether oxygens (including phenoxy) is 1. The lowest BCUT2D eigenvalue weighted by Crippen LogP contribution is -2.22. The Morgan fingerprint density at radius 1 is 0.556 bits per heavy atom. The maximum atomic E-state index is 15.3. The summed E-state index contributed by atoms with van der Waals surface area (Å²) in [5.74, 6) is -3.09. The highest BCUT2D eigenvalue weighted by Crippen LogP contribution is 2.28. The number of para-hydroxylation sites is 1. The van der Waals surface area contributed by atoms with Crippen LogP contribution in [0.2, 0.25) is 0 Å². The normalized spacial score (nSPS) is 11.3. The largest absolute Gasteiger partial charge is 0.473 e. The molecular formula is C41H26F4N6O3. The van der Waals surface area contributed by atoms with E-state index in [0.29, 0.717) is 38.7 Å². The molecule has 4 aromatic heterocycles. The molecule has 0 radical (unpaired) electrons. The molecule has 8 aromatic rings. The zero-order valence-electron chi connectivity index (χ0n) is 28.1. The predicted molar refractivity (Wildman–Crippen MR) is 194 cm³/mol. The Labute approximate surface area is 303 Å². The lowest BCUT2D eigenvalue weighted by molar-refractivity contribution is 0.294. The minimum absolute atomic E-state index is 0.0209. The topological polar surface area (TPSA) is 105 Å². The molecule has 0 unspecified atom stereocenters. The summed E-state index contributed by atoms with van der Waals surface area (Å²) in [5, 5.41) is 0.583. The molecule has 4 heterocycles. The third-order valence-corrected chi connectivity index (χ3v) is 9.01. The van der Waals surface area contributed by atoms with E-state index in [2.05, 4.69) is 19.9 Å². The molecule has 0 saturated heterocycles. The minimum Gasteiger partial charge on any atom is -0.473 e. The maximum absolute atomic E-state index is 15.3. The van der Waals surface area contributed by atoms with E-state index in [-0.39, 0.29) is 47.7 Å². The van der Waals surface area contributed by atoms with Crippen molar-refractivity contribution < 1.29 is 22.3 Å². The van der Waals surface area contributed by atoms with Gasteiger partial charge >= 0.3 is 0 Å². The number of fused-ring (bicyclic) bond motifs is 2. The van der Waals surface area contributed by atoms with Crippen LogP contribution in [0, 0.1) is 23.3 Å². The molecule has 0 fully saturated rings. The summed E-state index contributed by atoms with van der Waals surface area (Å²) < 4.78 is 68.9. The lowest BCUT2D eigenvalue weighted by Gasteiger charge is -2.12. The summed E-state index contributed by atoms with van der Waals surface area (Å²) in [7, 11) is 0. The van der Waals surface area contributed by atoms with Gasteiger partial charge in [0.15, 0.2) is 0 Å². The fraction of sp³-hybridized carbons (Fsp3) is 0.0732. The summed E-state index contributed by atoms with van der Waals surface area (Å²) >= 11 is 0. The second-order valence-electron chi connectivity index (χ2n) is 12.5. The van der Waals surface area contributed by atoms with Crippen LogP contribution in [0.5, 0.6) is 5.88 Å². The van der Waals surface area contributed by atoms with Gasteiger partial charge in [-0.15, -0.1) is 0 Å². The fourth-order valence-corrected chi connectivity index (χ4v) is 6.17. The van der Waals surface area contributed by atoms with Crippen molar-refractivity contribution in [2.45, 2.75) is 19.7 Å². The predicted octanol–water partition coefficient (Wildman–Crippen LogP) is 7.46. The molecule has 0 N–H and O–H groups in total. The van der Waals surface area contributed by atoms with E-state index in [0.717, 1.165) is 9.13 Å². The SMILES string of the molecule is O=c1c2ccccc2ncn1Cc1c(F)cc(-c2ccnc(OCc3ccc4c(=O)n(Cc5c(F)cc(-c6cccnc6)cc5F)cnc4c3)c2)cc1F. The fourth-order valence-electron chi connectivity index (χ4n) is 6.17. The summed E-state index contributed by atoms with van der Waals surface area (Å²) in [6, 6.07) is 22.8. The van der Waals surface area contributed by atoms with Gasteiger partial charge in [0, 0.05) is 41.3 Å². The molecule has 9 nitrogen and oxygen atoms in total. The van der Waals surface area contributed by atoms with Crippen LogP contribution in [0.25, 0.3) is 44.1 Å². The Hall–Kier alpha value is -7.02. The van der Waals surface area contributed by atoms with Crippen LogP contribution in [-0.2, 0) is 19.7 Å². The van der Waals surface area contributed by atoms with Crippen LogP contribution in [0.1, 0.15) is 16.7 Å². The van der Waals surface area contributed by atoms with Gasteiger partial charge in [-0.3, -0.25) is 23.7 Å². The number of halogens is 4. The molecule has 0 aliphatic rings. The Balaban J connectivity index is 0.967. The molecule has 0 aliphatic heterocycles. The van der Waals surface area contributed by atoms with Gasteiger partial charge in [-0.25, -0.2) is 32.5 Å². The first-order valence-corrected chi connectivity index (χ1v) is 16.6. The van der Waals surface area contributed by atoms with Crippen molar-refractivity contribution in [1.82, 2.24) is 29.1 Å². The Kier molecular flexibility index (Phi) is 8.95. The van der Waals surface area contributed by atoms with Crippen LogP contribution < -0.4 is 15.9 Å². The number of benzene rings is 4. The number of hydrogen-bond donors (Lipinski definition) is 0. The average molecular weight is 727 g/mol. The summed E-state index contributed by atoms with van der Waals surface area (Å²) in [6.07, 6.45) is 7.00. The highest BCUT2D eigenvalue weighted by atomic mass is 19.1. The molecule has 0 bridgehead atoms. The zero-order valence-corrected chi connectivity index (χ0v) is 28.1. The van der Waals surface area contributed by atoms with E-state index in [4.69, 9.17) is 4.74 Å². The lowest BCUT2D eigenvalue weighted by atomic mass is 10.0. The Bertz CT molecular complexity index is 2800. The molecule has 0 atom stereocenters. The number of nitrogens with zero attached hydrogens (tertiary/aromatic N) is 6. The van der Waals surface area contributed by atoms with Crippen LogP contribution in [-0.4, -0.2) is 29.1 Å². The number of rotatable bonds is 9. The summed E-state index contributed by atoms with van der Waals surface area (Å²) in [5.41, 5.74) is 1.58.